The second-order valence-electron chi connectivity index (χ2n) is 11.6. The summed E-state index contributed by atoms with van der Waals surface area (Å²) in [5, 5.41) is 5.97. The number of benzene rings is 2. The van der Waals surface area contributed by atoms with Crippen LogP contribution in [0.2, 0.25) is 5.02 Å². The number of alkyl halides is 3. The quantitative estimate of drug-likeness (QED) is 0.108. The molecule has 0 saturated heterocycles. The zero-order valence-corrected chi connectivity index (χ0v) is 27.7. The Kier molecular flexibility index (Phi) is 14.1. The van der Waals surface area contributed by atoms with Gasteiger partial charge in [-0.05, 0) is 78.9 Å². The van der Waals surface area contributed by atoms with Gasteiger partial charge in [-0.3, -0.25) is 19.6 Å². The fourth-order valence-corrected chi connectivity index (χ4v) is 4.77. The number of amides is 2. The van der Waals surface area contributed by atoms with E-state index in [9.17, 15) is 22.8 Å². The second kappa shape index (κ2) is 17.9. The fourth-order valence-electron chi connectivity index (χ4n) is 4.51. The lowest BCUT2D eigenvalue weighted by atomic mass is 9.92. The van der Waals surface area contributed by atoms with Gasteiger partial charge < -0.3 is 20.3 Å². The first-order chi connectivity index (χ1) is 22.8. The van der Waals surface area contributed by atoms with E-state index in [1.807, 2.05) is 19.9 Å². The Morgan fingerprint density at radius 1 is 1.04 bits per heavy atom. The molecule has 2 aromatic carbocycles. The number of ether oxygens (including phenoxy) is 1. The molecule has 256 valence electrons. The Morgan fingerprint density at radius 3 is 2.42 bits per heavy atom. The van der Waals surface area contributed by atoms with Crippen molar-refractivity contribution in [1.82, 2.24) is 20.5 Å². The summed E-state index contributed by atoms with van der Waals surface area (Å²) in [6.07, 6.45) is -0.480. The SMILES string of the molecule is C=N/C(=N\CC(F)(F)F)NCc1ccc(OCCCN(CC(C)(C)CNC(=O)c2ccc(N=C)cc2)C(=O)Cc2cccnc2)c(Cl)c1. The van der Waals surface area contributed by atoms with Gasteiger partial charge in [0.1, 0.15) is 12.3 Å². The molecule has 0 aliphatic heterocycles. The van der Waals surface area contributed by atoms with E-state index in [4.69, 9.17) is 16.3 Å². The fraction of sp³-hybridized carbons (Fsp3) is 0.353. The van der Waals surface area contributed by atoms with Gasteiger partial charge in [0, 0.05) is 44.1 Å². The summed E-state index contributed by atoms with van der Waals surface area (Å²) < 4.78 is 43.2. The van der Waals surface area contributed by atoms with Crippen LogP contribution in [0.1, 0.15) is 41.8 Å². The largest absolute Gasteiger partial charge is 0.492 e. The van der Waals surface area contributed by atoms with E-state index in [-0.39, 0.29) is 37.3 Å². The van der Waals surface area contributed by atoms with Gasteiger partial charge in [-0.2, -0.15) is 13.2 Å². The summed E-state index contributed by atoms with van der Waals surface area (Å²) in [6, 6.07) is 15.4. The molecule has 0 aliphatic carbocycles. The first kappa shape index (κ1) is 37.7. The van der Waals surface area contributed by atoms with Crippen LogP contribution in [0.25, 0.3) is 0 Å². The maximum Gasteiger partial charge on any atom is 0.408 e. The Labute approximate surface area is 283 Å². The van der Waals surface area contributed by atoms with Crippen LogP contribution in [0.15, 0.2) is 82.0 Å². The molecule has 3 rings (SSSR count). The topological polar surface area (TPSA) is 121 Å². The first-order valence-corrected chi connectivity index (χ1v) is 15.4. The van der Waals surface area contributed by atoms with E-state index in [2.05, 4.69) is 44.0 Å². The number of pyridine rings is 1. The average molecular weight is 686 g/mol. The van der Waals surface area contributed by atoms with Crippen molar-refractivity contribution in [3.8, 4) is 5.75 Å². The maximum atomic E-state index is 13.4. The van der Waals surface area contributed by atoms with E-state index in [1.54, 1.807) is 65.8 Å². The van der Waals surface area contributed by atoms with Gasteiger partial charge in [0.2, 0.25) is 11.9 Å². The first-order valence-electron chi connectivity index (χ1n) is 15.0. The molecule has 0 bridgehead atoms. The number of nitrogens with one attached hydrogen (secondary N) is 2. The molecule has 1 aromatic heterocycles. The molecule has 0 unspecified atom stereocenters. The predicted octanol–water partition coefficient (Wildman–Crippen LogP) is 6.07. The molecule has 3 aromatic rings. The number of carbonyl (C=O) groups is 2. The molecule has 0 atom stereocenters. The average Bonchev–Trinajstić information content (AvgIpc) is 3.05. The second-order valence-corrected chi connectivity index (χ2v) is 12.0. The number of aromatic nitrogens is 1. The number of carbonyl (C=O) groups excluding carboxylic acids is 2. The van der Waals surface area contributed by atoms with E-state index in [0.717, 1.165) is 5.56 Å². The van der Waals surface area contributed by atoms with E-state index < -0.39 is 18.1 Å². The predicted molar refractivity (Wildman–Crippen MR) is 183 cm³/mol. The number of aliphatic imine (C=N–C) groups is 3. The van der Waals surface area contributed by atoms with Crippen LogP contribution in [-0.4, -0.2) is 80.1 Å². The number of guanidine groups is 1. The van der Waals surface area contributed by atoms with E-state index >= 15 is 0 Å². The Bertz CT molecular complexity index is 1570. The monoisotopic (exact) mass is 685 g/mol. The normalized spacial score (nSPS) is 11.8. The highest BCUT2D eigenvalue weighted by molar-refractivity contribution is 6.32. The van der Waals surface area contributed by atoms with Crippen molar-refractivity contribution in [1.29, 1.82) is 0 Å². The van der Waals surface area contributed by atoms with Gasteiger partial charge in [-0.25, -0.2) is 9.98 Å². The lowest BCUT2D eigenvalue weighted by Crippen LogP contribution is -2.45. The van der Waals surface area contributed by atoms with Gasteiger partial charge in [0.05, 0.1) is 23.7 Å². The molecule has 0 fully saturated rings. The van der Waals surface area contributed by atoms with Crippen LogP contribution in [0.3, 0.4) is 0 Å². The Morgan fingerprint density at radius 2 is 1.79 bits per heavy atom. The molecular weight excluding hydrogens is 647 g/mol. The van der Waals surface area contributed by atoms with Crippen LogP contribution >= 0.6 is 11.6 Å². The zero-order chi connectivity index (χ0) is 35.2. The standard InChI is InChI=1S/C34H39ClF3N7O3/c1-33(2,21-43-31(47)26-9-11-27(39-3)12-10-26)23-45(30(46)18-24-7-5-14-41-19-24)15-6-16-48-29-13-8-25(17-28(29)35)20-42-32(40-4)44-22-34(36,37)38/h5,7-14,17,19H,3-4,6,15-16,18,20-23H2,1-2H3,(H,42,44)(H,43,47). The van der Waals surface area contributed by atoms with E-state index in [0.29, 0.717) is 53.6 Å². The number of nitrogens with zero attached hydrogens (tertiary/aromatic N) is 5. The highest BCUT2D eigenvalue weighted by atomic mass is 35.5. The minimum absolute atomic E-state index is 0.0862. The maximum absolute atomic E-state index is 13.4. The van der Waals surface area contributed by atoms with Gasteiger partial charge in [0.25, 0.3) is 5.91 Å². The van der Waals surface area contributed by atoms with Crippen molar-refractivity contribution in [2.75, 3.05) is 32.8 Å². The van der Waals surface area contributed by atoms with Crippen molar-refractivity contribution in [2.24, 2.45) is 20.4 Å². The number of halogens is 4. The number of rotatable bonds is 16. The van der Waals surface area contributed by atoms with Crippen molar-refractivity contribution in [3.05, 3.63) is 88.7 Å². The minimum atomic E-state index is -4.45. The number of hydrogen-bond donors (Lipinski definition) is 2. The summed E-state index contributed by atoms with van der Waals surface area (Å²) >= 11 is 6.41. The lowest BCUT2D eigenvalue weighted by Gasteiger charge is -2.33. The minimum Gasteiger partial charge on any atom is -0.492 e. The van der Waals surface area contributed by atoms with Crippen molar-refractivity contribution in [2.45, 2.75) is 39.4 Å². The molecule has 10 nitrogen and oxygen atoms in total. The third kappa shape index (κ3) is 13.1. The van der Waals surface area contributed by atoms with Crippen molar-refractivity contribution in [3.63, 3.8) is 0 Å². The molecule has 14 heteroatoms. The van der Waals surface area contributed by atoms with Gasteiger partial charge >= 0.3 is 6.18 Å². The summed E-state index contributed by atoms with van der Waals surface area (Å²) in [5.41, 5.74) is 2.16. The van der Waals surface area contributed by atoms with Gasteiger partial charge in [-0.15, -0.1) is 0 Å². The van der Waals surface area contributed by atoms with Crippen LogP contribution in [0.4, 0.5) is 18.9 Å². The van der Waals surface area contributed by atoms with Crippen LogP contribution in [0, 0.1) is 5.41 Å². The molecule has 2 N–H and O–H groups in total. The van der Waals surface area contributed by atoms with Gasteiger partial charge in [-0.1, -0.05) is 37.6 Å². The summed E-state index contributed by atoms with van der Waals surface area (Å²) in [4.78, 5) is 42.8. The van der Waals surface area contributed by atoms with Gasteiger partial charge in [0.15, 0.2) is 0 Å². The van der Waals surface area contributed by atoms with Crippen LogP contribution in [0.5, 0.6) is 5.75 Å². The molecule has 0 aliphatic rings. The third-order valence-electron chi connectivity index (χ3n) is 6.92. The van der Waals surface area contributed by atoms with Crippen LogP contribution in [-0.2, 0) is 17.8 Å². The van der Waals surface area contributed by atoms with Crippen LogP contribution < -0.4 is 15.4 Å². The van der Waals surface area contributed by atoms with Crippen molar-refractivity contribution < 1.29 is 27.5 Å². The molecule has 48 heavy (non-hydrogen) atoms. The Balaban J connectivity index is 1.57. The molecule has 1 heterocycles. The summed E-state index contributed by atoms with van der Waals surface area (Å²) in [7, 11) is 0. The Hall–Kier alpha value is -4.78. The third-order valence-corrected chi connectivity index (χ3v) is 7.22. The van der Waals surface area contributed by atoms with Crippen molar-refractivity contribution >= 4 is 48.5 Å². The highest BCUT2D eigenvalue weighted by Crippen LogP contribution is 2.26. The zero-order valence-electron chi connectivity index (χ0n) is 26.9. The number of hydrogen-bond acceptors (Lipinski definition) is 6. The lowest BCUT2D eigenvalue weighted by molar-refractivity contribution is -0.132. The summed E-state index contributed by atoms with van der Waals surface area (Å²) in [6.45, 7) is 10.8. The molecule has 0 spiro atoms. The molecule has 0 radical (unpaired) electrons. The highest BCUT2D eigenvalue weighted by Gasteiger charge is 2.27. The molecular formula is C34H39ClF3N7O3. The smallest absolute Gasteiger partial charge is 0.408 e. The summed E-state index contributed by atoms with van der Waals surface area (Å²) in [5.74, 6) is -0.127. The molecule has 2 amide bonds. The van der Waals surface area contributed by atoms with E-state index in [1.165, 1.54) is 0 Å². The molecule has 0 saturated carbocycles.